The number of hydrazine groups is 1. The third-order valence-corrected chi connectivity index (χ3v) is 5.17. The molecule has 4 atom stereocenters. The smallest absolute Gasteiger partial charge is 0.115 e. The van der Waals surface area contributed by atoms with Crippen LogP contribution in [0.5, 0.6) is 0 Å². The molecule has 1 aromatic heterocycles. The summed E-state index contributed by atoms with van der Waals surface area (Å²) >= 11 is 0. The van der Waals surface area contributed by atoms with E-state index in [1.54, 1.807) is 6.33 Å². The third kappa shape index (κ3) is 2.79. The van der Waals surface area contributed by atoms with Crippen LogP contribution in [0, 0.1) is 17.8 Å². The molecule has 0 aromatic carbocycles. The van der Waals surface area contributed by atoms with Crippen molar-refractivity contribution in [2.75, 3.05) is 0 Å². The lowest BCUT2D eigenvalue weighted by Gasteiger charge is -2.41. The highest BCUT2D eigenvalue weighted by Crippen LogP contribution is 2.45. The molecule has 3 rings (SSSR count). The highest BCUT2D eigenvalue weighted by molar-refractivity contribution is 5.11. The fourth-order valence-electron chi connectivity index (χ4n) is 4.19. The Kier molecular flexibility index (Phi) is 4.09. The standard InChI is InChI=1S/C15H24N4/c16-19-15(14-8-17-10-18-9-14)13-6-5-11-3-1-2-4-12(11)7-13/h8-13,15,19H,1-7,16H2. The zero-order valence-electron chi connectivity index (χ0n) is 11.5. The van der Waals surface area contributed by atoms with Gasteiger partial charge in [-0.1, -0.05) is 25.7 Å². The molecule has 2 fully saturated rings. The Morgan fingerprint density at radius 1 is 1.05 bits per heavy atom. The summed E-state index contributed by atoms with van der Waals surface area (Å²) in [6.45, 7) is 0. The second-order valence-corrected chi connectivity index (χ2v) is 6.19. The molecule has 19 heavy (non-hydrogen) atoms. The fraction of sp³-hybridized carbons (Fsp3) is 0.733. The van der Waals surface area contributed by atoms with Crippen LogP contribution < -0.4 is 11.3 Å². The SMILES string of the molecule is NNC(c1cncnc1)C1CCC2CCCCC2C1. The summed E-state index contributed by atoms with van der Waals surface area (Å²) in [4.78, 5) is 8.25. The number of fused-ring (bicyclic) bond motifs is 1. The van der Waals surface area contributed by atoms with E-state index in [1.807, 2.05) is 12.4 Å². The molecule has 2 aliphatic carbocycles. The topological polar surface area (TPSA) is 63.8 Å². The van der Waals surface area contributed by atoms with E-state index in [-0.39, 0.29) is 6.04 Å². The van der Waals surface area contributed by atoms with E-state index in [4.69, 9.17) is 5.84 Å². The second kappa shape index (κ2) is 5.97. The van der Waals surface area contributed by atoms with Crippen molar-refractivity contribution in [3.63, 3.8) is 0 Å². The van der Waals surface area contributed by atoms with Crippen LogP contribution in [0.4, 0.5) is 0 Å². The maximum absolute atomic E-state index is 5.80. The Hall–Kier alpha value is -1.00. The molecule has 1 heterocycles. The summed E-state index contributed by atoms with van der Waals surface area (Å²) in [5.74, 6) is 8.34. The van der Waals surface area contributed by atoms with E-state index in [1.165, 1.54) is 44.9 Å². The van der Waals surface area contributed by atoms with Gasteiger partial charge in [0.25, 0.3) is 0 Å². The largest absolute Gasteiger partial charge is 0.271 e. The fourth-order valence-corrected chi connectivity index (χ4v) is 4.19. The summed E-state index contributed by atoms with van der Waals surface area (Å²) in [6, 6.07) is 0.212. The van der Waals surface area contributed by atoms with E-state index in [0.717, 1.165) is 17.4 Å². The van der Waals surface area contributed by atoms with Crippen LogP contribution in [0.2, 0.25) is 0 Å². The Morgan fingerprint density at radius 2 is 1.79 bits per heavy atom. The molecule has 2 saturated carbocycles. The monoisotopic (exact) mass is 260 g/mol. The van der Waals surface area contributed by atoms with Gasteiger partial charge in [0.1, 0.15) is 6.33 Å². The molecule has 0 bridgehead atoms. The van der Waals surface area contributed by atoms with Crippen molar-refractivity contribution in [3.8, 4) is 0 Å². The van der Waals surface area contributed by atoms with Crippen LogP contribution in [-0.2, 0) is 0 Å². The van der Waals surface area contributed by atoms with E-state index >= 15 is 0 Å². The van der Waals surface area contributed by atoms with Crippen LogP contribution in [0.25, 0.3) is 0 Å². The lowest BCUT2D eigenvalue weighted by atomic mass is 9.65. The van der Waals surface area contributed by atoms with Gasteiger partial charge in [-0.15, -0.1) is 0 Å². The van der Waals surface area contributed by atoms with Crippen molar-refractivity contribution in [1.82, 2.24) is 15.4 Å². The minimum atomic E-state index is 0.212. The Balaban J connectivity index is 1.70. The van der Waals surface area contributed by atoms with Crippen LogP contribution in [0.15, 0.2) is 18.7 Å². The molecular formula is C15H24N4. The maximum Gasteiger partial charge on any atom is 0.115 e. The van der Waals surface area contributed by atoms with E-state index < -0.39 is 0 Å². The number of nitrogens with two attached hydrogens (primary N) is 1. The highest BCUT2D eigenvalue weighted by atomic mass is 15.2. The van der Waals surface area contributed by atoms with E-state index in [0.29, 0.717) is 5.92 Å². The summed E-state index contributed by atoms with van der Waals surface area (Å²) in [5, 5.41) is 0. The normalized spacial score (nSPS) is 32.6. The zero-order chi connectivity index (χ0) is 13.1. The molecule has 1 aromatic rings. The van der Waals surface area contributed by atoms with Crippen LogP contribution in [0.3, 0.4) is 0 Å². The molecule has 0 saturated heterocycles. The van der Waals surface area contributed by atoms with Crippen molar-refractivity contribution in [1.29, 1.82) is 0 Å². The van der Waals surface area contributed by atoms with Crippen molar-refractivity contribution in [2.45, 2.75) is 51.0 Å². The zero-order valence-corrected chi connectivity index (χ0v) is 11.5. The summed E-state index contributed by atoms with van der Waals surface area (Å²) in [6.07, 6.45) is 15.1. The quantitative estimate of drug-likeness (QED) is 0.647. The van der Waals surface area contributed by atoms with Gasteiger partial charge < -0.3 is 0 Å². The predicted octanol–water partition coefficient (Wildman–Crippen LogP) is 2.59. The minimum Gasteiger partial charge on any atom is -0.271 e. The van der Waals surface area contributed by atoms with Crippen molar-refractivity contribution in [3.05, 3.63) is 24.3 Å². The Morgan fingerprint density at radius 3 is 2.53 bits per heavy atom. The first-order valence-electron chi connectivity index (χ1n) is 7.59. The van der Waals surface area contributed by atoms with E-state index in [2.05, 4.69) is 15.4 Å². The maximum atomic E-state index is 5.80. The van der Waals surface area contributed by atoms with Crippen LogP contribution >= 0.6 is 0 Å². The highest BCUT2D eigenvalue weighted by Gasteiger charge is 2.35. The summed E-state index contributed by atoms with van der Waals surface area (Å²) in [7, 11) is 0. The number of rotatable bonds is 3. The van der Waals surface area contributed by atoms with Gasteiger partial charge in [-0.3, -0.25) is 11.3 Å². The molecule has 4 nitrogen and oxygen atoms in total. The number of nitrogens with zero attached hydrogens (tertiary/aromatic N) is 2. The molecule has 0 spiro atoms. The second-order valence-electron chi connectivity index (χ2n) is 6.19. The third-order valence-electron chi connectivity index (χ3n) is 5.17. The van der Waals surface area contributed by atoms with Crippen molar-refractivity contribution >= 4 is 0 Å². The lowest BCUT2D eigenvalue weighted by Crippen LogP contribution is -2.38. The average Bonchev–Trinajstić information content (AvgIpc) is 2.49. The van der Waals surface area contributed by atoms with Gasteiger partial charge in [0.05, 0.1) is 6.04 Å². The lowest BCUT2D eigenvalue weighted by molar-refractivity contribution is 0.109. The average molecular weight is 260 g/mol. The van der Waals surface area contributed by atoms with Gasteiger partial charge >= 0.3 is 0 Å². The van der Waals surface area contributed by atoms with Crippen LogP contribution in [0.1, 0.15) is 56.6 Å². The summed E-state index contributed by atoms with van der Waals surface area (Å²) in [5.41, 5.74) is 4.13. The molecule has 4 heteroatoms. The minimum absolute atomic E-state index is 0.212. The van der Waals surface area contributed by atoms with Gasteiger partial charge in [0.2, 0.25) is 0 Å². The van der Waals surface area contributed by atoms with Gasteiger partial charge in [0.15, 0.2) is 0 Å². The molecule has 4 unspecified atom stereocenters. The molecule has 2 aliphatic rings. The van der Waals surface area contributed by atoms with Gasteiger partial charge in [-0.05, 0) is 37.0 Å². The number of nitrogens with one attached hydrogen (secondary N) is 1. The predicted molar refractivity (Wildman–Crippen MR) is 74.9 cm³/mol. The van der Waals surface area contributed by atoms with Crippen LogP contribution in [-0.4, -0.2) is 9.97 Å². The molecule has 3 N–H and O–H groups in total. The molecule has 0 radical (unpaired) electrons. The molecule has 0 aliphatic heterocycles. The first-order valence-corrected chi connectivity index (χ1v) is 7.59. The van der Waals surface area contributed by atoms with Gasteiger partial charge in [0, 0.05) is 18.0 Å². The molecule has 0 amide bonds. The Labute approximate surface area is 115 Å². The number of hydrogen-bond acceptors (Lipinski definition) is 4. The van der Waals surface area contributed by atoms with E-state index in [9.17, 15) is 0 Å². The summed E-state index contributed by atoms with van der Waals surface area (Å²) < 4.78 is 0. The van der Waals surface area contributed by atoms with Crippen molar-refractivity contribution < 1.29 is 0 Å². The Bertz CT molecular complexity index is 394. The molecular weight excluding hydrogens is 236 g/mol. The molecule has 104 valence electrons. The first kappa shape index (κ1) is 13.0. The van der Waals surface area contributed by atoms with Crippen molar-refractivity contribution in [2.24, 2.45) is 23.6 Å². The van der Waals surface area contributed by atoms with Gasteiger partial charge in [-0.25, -0.2) is 9.97 Å². The number of aromatic nitrogens is 2. The first-order chi connectivity index (χ1) is 9.38. The van der Waals surface area contributed by atoms with Gasteiger partial charge in [-0.2, -0.15) is 0 Å². The number of hydrogen-bond donors (Lipinski definition) is 2.